The van der Waals surface area contributed by atoms with Crippen LogP contribution in [0.3, 0.4) is 0 Å². The van der Waals surface area contributed by atoms with Crippen molar-refractivity contribution >= 4 is 23.3 Å². The molecule has 1 aromatic carbocycles. The molecule has 1 saturated carbocycles. The van der Waals surface area contributed by atoms with Gasteiger partial charge in [-0.25, -0.2) is 9.18 Å². The quantitative estimate of drug-likeness (QED) is 0.461. The molecule has 0 aliphatic heterocycles. The molecule has 20 heavy (non-hydrogen) atoms. The highest BCUT2D eigenvalue weighted by molar-refractivity contribution is 5.94. The van der Waals surface area contributed by atoms with E-state index in [2.05, 4.69) is 10.6 Å². The summed E-state index contributed by atoms with van der Waals surface area (Å²) in [4.78, 5) is 22.3. The van der Waals surface area contributed by atoms with E-state index in [1.807, 2.05) is 0 Å². The summed E-state index contributed by atoms with van der Waals surface area (Å²) in [7, 11) is 0. The number of carboxylic acid groups (broad SMARTS) is 1. The fourth-order valence-corrected chi connectivity index (χ4v) is 1.78. The third-order valence-corrected chi connectivity index (χ3v) is 3.06. The van der Waals surface area contributed by atoms with Crippen molar-refractivity contribution < 1.29 is 19.1 Å². The molecule has 0 aromatic heterocycles. The van der Waals surface area contributed by atoms with Crippen LogP contribution < -0.4 is 16.4 Å². The predicted molar refractivity (Wildman–Crippen MR) is 72.0 cm³/mol. The molecule has 108 valence electrons. The Morgan fingerprint density at radius 3 is 2.65 bits per heavy atom. The van der Waals surface area contributed by atoms with E-state index in [-0.39, 0.29) is 28.8 Å². The number of benzene rings is 1. The summed E-state index contributed by atoms with van der Waals surface area (Å²) in [6.07, 6.45) is 1.85. The van der Waals surface area contributed by atoms with Crippen molar-refractivity contribution in [3.05, 3.63) is 23.5 Å². The zero-order valence-electron chi connectivity index (χ0n) is 10.8. The Bertz CT molecular complexity index is 544. The fourth-order valence-electron chi connectivity index (χ4n) is 1.78. The molecule has 0 radical (unpaired) electrons. The molecule has 0 atom stereocenters. The molecule has 1 aromatic rings. The second kappa shape index (κ2) is 5.77. The molecular weight excluding hydrogens is 265 g/mol. The van der Waals surface area contributed by atoms with E-state index >= 15 is 0 Å². The minimum atomic E-state index is -1.22. The van der Waals surface area contributed by atoms with Gasteiger partial charge in [-0.05, 0) is 25.0 Å². The molecule has 1 aliphatic carbocycles. The lowest BCUT2D eigenvalue weighted by atomic mass is 10.1. The summed E-state index contributed by atoms with van der Waals surface area (Å²) in [5.41, 5.74) is 5.19. The number of hydrogen-bond donors (Lipinski definition) is 4. The summed E-state index contributed by atoms with van der Waals surface area (Å²) < 4.78 is 13.6. The number of hydrogen-bond acceptors (Lipinski definition) is 4. The lowest BCUT2D eigenvalue weighted by Crippen LogP contribution is -2.30. The third kappa shape index (κ3) is 3.37. The van der Waals surface area contributed by atoms with Gasteiger partial charge in [0.05, 0.1) is 11.3 Å². The van der Waals surface area contributed by atoms with Gasteiger partial charge < -0.3 is 21.5 Å². The Hall–Kier alpha value is -2.31. The van der Waals surface area contributed by atoms with Gasteiger partial charge in [-0.15, -0.1) is 0 Å². The zero-order chi connectivity index (χ0) is 14.7. The molecule has 0 spiro atoms. The Morgan fingerprint density at radius 1 is 1.35 bits per heavy atom. The lowest BCUT2D eigenvalue weighted by Gasteiger charge is -2.10. The Balaban J connectivity index is 1.89. The number of anilines is 2. The van der Waals surface area contributed by atoms with Crippen LogP contribution in [0, 0.1) is 11.7 Å². The number of nitrogens with one attached hydrogen (secondary N) is 2. The van der Waals surface area contributed by atoms with Gasteiger partial charge in [0.2, 0.25) is 5.91 Å². The molecule has 1 fully saturated rings. The molecule has 0 bridgehead atoms. The van der Waals surface area contributed by atoms with Crippen LogP contribution in [0.4, 0.5) is 15.8 Å². The highest BCUT2D eigenvalue weighted by atomic mass is 19.1. The Labute approximate surface area is 115 Å². The van der Waals surface area contributed by atoms with Gasteiger partial charge >= 0.3 is 5.97 Å². The molecule has 6 nitrogen and oxygen atoms in total. The number of carbonyl (C=O) groups is 2. The van der Waals surface area contributed by atoms with E-state index in [0.29, 0.717) is 13.1 Å². The smallest absolute Gasteiger partial charge is 0.337 e. The highest BCUT2D eigenvalue weighted by Crippen LogP contribution is 2.28. The molecule has 0 heterocycles. The van der Waals surface area contributed by atoms with Crippen LogP contribution in [-0.2, 0) is 4.79 Å². The average Bonchev–Trinajstić information content (AvgIpc) is 3.20. The number of rotatable bonds is 6. The molecule has 2 rings (SSSR count). The summed E-state index contributed by atoms with van der Waals surface area (Å²) in [5, 5.41) is 14.4. The van der Waals surface area contributed by atoms with Gasteiger partial charge in [-0.3, -0.25) is 4.79 Å². The van der Waals surface area contributed by atoms with Crippen LogP contribution in [0.25, 0.3) is 0 Å². The van der Waals surface area contributed by atoms with Crippen LogP contribution in [0.1, 0.15) is 23.2 Å². The van der Waals surface area contributed by atoms with Crippen LogP contribution >= 0.6 is 0 Å². The van der Waals surface area contributed by atoms with Crippen LogP contribution in [-0.4, -0.2) is 30.1 Å². The number of carbonyl (C=O) groups excluding carboxylic acids is 1. The van der Waals surface area contributed by atoms with Gasteiger partial charge in [0.25, 0.3) is 0 Å². The number of carboxylic acids is 1. The molecule has 1 amide bonds. The van der Waals surface area contributed by atoms with E-state index in [4.69, 9.17) is 10.8 Å². The number of halogens is 1. The van der Waals surface area contributed by atoms with Crippen molar-refractivity contribution in [2.24, 2.45) is 5.92 Å². The maximum absolute atomic E-state index is 13.6. The summed E-state index contributed by atoms with van der Waals surface area (Å²) in [5.74, 6) is -1.70. The standard InChI is InChI=1S/C13H16FN3O3/c14-9-6-10(15)8(13(19)20)5-11(9)16-3-4-17-12(18)7-1-2-7/h5-7,16H,1-4,15H2,(H,17,18)(H,19,20). The van der Waals surface area contributed by atoms with Gasteiger partial charge in [0, 0.05) is 24.7 Å². The molecule has 7 heteroatoms. The molecule has 1 aliphatic rings. The SMILES string of the molecule is Nc1cc(F)c(NCCNC(=O)C2CC2)cc1C(=O)O. The fraction of sp³-hybridized carbons (Fsp3) is 0.385. The van der Waals surface area contributed by atoms with Gasteiger partial charge in [-0.1, -0.05) is 0 Å². The van der Waals surface area contributed by atoms with Crippen molar-refractivity contribution in [3.63, 3.8) is 0 Å². The predicted octanol–water partition coefficient (Wildman–Crippen LogP) is 1.04. The zero-order valence-corrected chi connectivity index (χ0v) is 10.8. The summed E-state index contributed by atoms with van der Waals surface area (Å²) >= 11 is 0. The minimum Gasteiger partial charge on any atom is -0.478 e. The maximum atomic E-state index is 13.6. The molecular formula is C13H16FN3O3. The first-order valence-electron chi connectivity index (χ1n) is 6.33. The largest absolute Gasteiger partial charge is 0.478 e. The van der Waals surface area contributed by atoms with Crippen molar-refractivity contribution in [2.45, 2.75) is 12.8 Å². The Kier molecular flexibility index (Phi) is 4.07. The van der Waals surface area contributed by atoms with Crippen LogP contribution in [0.2, 0.25) is 0 Å². The van der Waals surface area contributed by atoms with E-state index in [9.17, 15) is 14.0 Å². The van der Waals surface area contributed by atoms with E-state index < -0.39 is 11.8 Å². The first kappa shape index (κ1) is 14.1. The number of nitrogens with two attached hydrogens (primary N) is 1. The van der Waals surface area contributed by atoms with E-state index in [0.717, 1.165) is 25.0 Å². The molecule has 0 saturated heterocycles. The number of nitrogen functional groups attached to an aromatic ring is 1. The third-order valence-electron chi connectivity index (χ3n) is 3.06. The van der Waals surface area contributed by atoms with Gasteiger partial charge in [-0.2, -0.15) is 0 Å². The van der Waals surface area contributed by atoms with Gasteiger partial charge in [0.15, 0.2) is 0 Å². The van der Waals surface area contributed by atoms with E-state index in [1.54, 1.807) is 0 Å². The maximum Gasteiger partial charge on any atom is 0.337 e. The molecule has 0 unspecified atom stereocenters. The minimum absolute atomic E-state index is 0.0100. The normalized spacial score (nSPS) is 13.8. The first-order chi connectivity index (χ1) is 9.49. The summed E-state index contributed by atoms with van der Waals surface area (Å²) in [6.45, 7) is 0.653. The number of aromatic carboxylic acids is 1. The van der Waals surface area contributed by atoms with Crippen molar-refractivity contribution in [3.8, 4) is 0 Å². The monoisotopic (exact) mass is 281 g/mol. The van der Waals surface area contributed by atoms with Crippen molar-refractivity contribution in [2.75, 3.05) is 24.1 Å². The van der Waals surface area contributed by atoms with E-state index in [1.165, 1.54) is 0 Å². The second-order valence-corrected chi connectivity index (χ2v) is 4.72. The lowest BCUT2D eigenvalue weighted by molar-refractivity contribution is -0.122. The van der Waals surface area contributed by atoms with Crippen LogP contribution in [0.5, 0.6) is 0 Å². The Morgan fingerprint density at radius 2 is 2.05 bits per heavy atom. The van der Waals surface area contributed by atoms with Gasteiger partial charge in [0.1, 0.15) is 5.82 Å². The molecule has 5 N–H and O–H groups in total. The topological polar surface area (TPSA) is 104 Å². The summed E-state index contributed by atoms with van der Waals surface area (Å²) in [6, 6.07) is 2.12. The van der Waals surface area contributed by atoms with Crippen molar-refractivity contribution in [1.29, 1.82) is 0 Å². The van der Waals surface area contributed by atoms with Crippen molar-refractivity contribution in [1.82, 2.24) is 5.32 Å². The number of amides is 1. The first-order valence-corrected chi connectivity index (χ1v) is 6.33. The van der Waals surface area contributed by atoms with Crippen LogP contribution in [0.15, 0.2) is 12.1 Å². The second-order valence-electron chi connectivity index (χ2n) is 4.72. The highest BCUT2D eigenvalue weighted by Gasteiger charge is 2.28. The average molecular weight is 281 g/mol.